The van der Waals surface area contributed by atoms with E-state index >= 15 is 0 Å². The summed E-state index contributed by atoms with van der Waals surface area (Å²) in [6.07, 6.45) is 3.25. The third kappa shape index (κ3) is 4.57. The molecule has 1 saturated heterocycles. The summed E-state index contributed by atoms with van der Waals surface area (Å²) in [5, 5.41) is 3.78. The van der Waals surface area contributed by atoms with Crippen molar-refractivity contribution in [3.63, 3.8) is 0 Å². The van der Waals surface area contributed by atoms with Gasteiger partial charge in [0.25, 0.3) is 5.91 Å². The van der Waals surface area contributed by atoms with E-state index < -0.39 is 0 Å². The molecule has 0 radical (unpaired) electrons. The van der Waals surface area contributed by atoms with Gasteiger partial charge >= 0.3 is 0 Å². The van der Waals surface area contributed by atoms with Crippen molar-refractivity contribution in [3.8, 4) is 0 Å². The minimum Gasteiger partial charge on any atom is -0.354 e. The molecule has 2 heterocycles. The highest BCUT2D eigenvalue weighted by atomic mass is 35.5. The molecule has 31 heavy (non-hydrogen) atoms. The van der Waals surface area contributed by atoms with Crippen LogP contribution >= 0.6 is 11.6 Å². The van der Waals surface area contributed by atoms with Crippen LogP contribution in [0.15, 0.2) is 54.7 Å². The van der Waals surface area contributed by atoms with Gasteiger partial charge in [0.1, 0.15) is 11.0 Å². The van der Waals surface area contributed by atoms with Gasteiger partial charge in [-0.15, -0.1) is 0 Å². The van der Waals surface area contributed by atoms with Crippen LogP contribution in [-0.2, 0) is 0 Å². The van der Waals surface area contributed by atoms with E-state index in [0.29, 0.717) is 35.4 Å². The maximum atomic E-state index is 13.4. The number of carbonyl (C=O) groups is 1. The molecule has 1 N–H and O–H groups in total. The number of aromatic nitrogens is 1. The van der Waals surface area contributed by atoms with E-state index in [9.17, 15) is 9.18 Å². The molecule has 0 bridgehead atoms. The molecule has 3 aromatic rings. The zero-order valence-electron chi connectivity index (χ0n) is 17.7. The topological polar surface area (TPSA) is 45.2 Å². The number of aryl methyl sites for hydroxylation is 1. The molecule has 0 atom stereocenters. The lowest BCUT2D eigenvalue weighted by molar-refractivity contribution is 0.0713. The standard InChI is InChI=1S/C25H25ClFN3O/c1-16-5-3-4-6-22(16)29-23-17(2)24(26)28-15-21(23)25(31)30-13-11-19(12-14-30)18-7-9-20(27)10-8-18/h3-10,15,19H,11-14H2,1-2H3,(H,28,29). The number of rotatable bonds is 4. The van der Waals surface area contributed by atoms with Crippen LogP contribution < -0.4 is 5.32 Å². The number of hydrogen-bond donors (Lipinski definition) is 1. The molecule has 1 aliphatic heterocycles. The highest BCUT2D eigenvalue weighted by molar-refractivity contribution is 6.30. The molecule has 1 aliphatic rings. The number of benzene rings is 2. The van der Waals surface area contributed by atoms with Crippen molar-refractivity contribution in [1.29, 1.82) is 0 Å². The van der Waals surface area contributed by atoms with E-state index in [1.54, 1.807) is 6.20 Å². The zero-order chi connectivity index (χ0) is 22.0. The number of nitrogens with zero attached hydrogens (tertiary/aromatic N) is 2. The Morgan fingerprint density at radius 1 is 1.10 bits per heavy atom. The second-order valence-corrected chi connectivity index (χ2v) is 8.38. The highest BCUT2D eigenvalue weighted by Crippen LogP contribution is 2.33. The second kappa shape index (κ2) is 9.06. The first-order valence-electron chi connectivity index (χ1n) is 10.5. The molecule has 4 nitrogen and oxygen atoms in total. The van der Waals surface area contributed by atoms with Crippen molar-refractivity contribution in [2.75, 3.05) is 18.4 Å². The number of halogens is 2. The average Bonchev–Trinajstić information content (AvgIpc) is 2.79. The Balaban J connectivity index is 1.54. The van der Waals surface area contributed by atoms with Gasteiger partial charge in [-0.25, -0.2) is 9.37 Å². The van der Waals surface area contributed by atoms with Gasteiger partial charge < -0.3 is 10.2 Å². The number of amides is 1. The van der Waals surface area contributed by atoms with Crippen LogP contribution in [0.25, 0.3) is 0 Å². The molecule has 4 rings (SSSR count). The van der Waals surface area contributed by atoms with E-state index in [1.807, 2.05) is 55.1 Å². The summed E-state index contributed by atoms with van der Waals surface area (Å²) in [6.45, 7) is 5.17. The molecule has 2 aromatic carbocycles. The Labute approximate surface area is 187 Å². The number of piperidine rings is 1. The maximum Gasteiger partial charge on any atom is 0.257 e. The minimum atomic E-state index is -0.226. The van der Waals surface area contributed by atoms with Gasteiger partial charge in [-0.3, -0.25) is 4.79 Å². The number of pyridine rings is 1. The largest absolute Gasteiger partial charge is 0.354 e. The zero-order valence-corrected chi connectivity index (χ0v) is 18.4. The second-order valence-electron chi connectivity index (χ2n) is 8.02. The maximum absolute atomic E-state index is 13.4. The number of para-hydroxylation sites is 1. The van der Waals surface area contributed by atoms with Crippen molar-refractivity contribution < 1.29 is 9.18 Å². The third-order valence-electron chi connectivity index (χ3n) is 6.02. The van der Waals surface area contributed by atoms with Crippen LogP contribution in [-0.4, -0.2) is 28.9 Å². The normalized spacial score (nSPS) is 14.5. The highest BCUT2D eigenvalue weighted by Gasteiger charge is 2.27. The van der Waals surface area contributed by atoms with Gasteiger partial charge in [0, 0.05) is 30.5 Å². The van der Waals surface area contributed by atoms with Gasteiger partial charge in [-0.2, -0.15) is 0 Å². The predicted molar refractivity (Wildman–Crippen MR) is 123 cm³/mol. The van der Waals surface area contributed by atoms with Crippen molar-refractivity contribution in [2.24, 2.45) is 0 Å². The fraction of sp³-hybridized carbons (Fsp3) is 0.280. The summed E-state index contributed by atoms with van der Waals surface area (Å²) in [7, 11) is 0. The molecule has 0 unspecified atom stereocenters. The van der Waals surface area contributed by atoms with Crippen LogP contribution in [0, 0.1) is 19.7 Å². The molecule has 0 spiro atoms. The van der Waals surface area contributed by atoms with E-state index in [2.05, 4.69) is 10.3 Å². The lowest BCUT2D eigenvalue weighted by Gasteiger charge is -2.33. The summed E-state index contributed by atoms with van der Waals surface area (Å²) in [5.74, 6) is 0.0517. The molecule has 0 saturated carbocycles. The summed E-state index contributed by atoms with van der Waals surface area (Å²) < 4.78 is 13.2. The molecule has 6 heteroatoms. The van der Waals surface area contributed by atoms with Crippen molar-refractivity contribution in [1.82, 2.24) is 9.88 Å². The Bertz CT molecular complexity index is 1090. The van der Waals surface area contributed by atoms with E-state index in [0.717, 1.165) is 35.2 Å². The SMILES string of the molecule is Cc1ccccc1Nc1c(C(=O)N2CCC(c3ccc(F)cc3)CC2)cnc(Cl)c1C. The fourth-order valence-electron chi connectivity index (χ4n) is 4.08. The van der Waals surface area contributed by atoms with Crippen molar-refractivity contribution in [2.45, 2.75) is 32.6 Å². The number of carbonyl (C=O) groups excluding carboxylic acids is 1. The molecule has 1 aromatic heterocycles. The summed E-state index contributed by atoms with van der Waals surface area (Å²) in [6, 6.07) is 14.6. The van der Waals surface area contributed by atoms with Gasteiger partial charge in [0.05, 0.1) is 11.3 Å². The van der Waals surface area contributed by atoms with Crippen molar-refractivity contribution in [3.05, 3.63) is 88.0 Å². The summed E-state index contributed by atoms with van der Waals surface area (Å²) in [5.41, 5.74) is 5.09. The van der Waals surface area contributed by atoms with Crippen LogP contribution in [0.4, 0.5) is 15.8 Å². The Kier molecular flexibility index (Phi) is 6.23. The van der Waals surface area contributed by atoms with Gasteiger partial charge in [0.2, 0.25) is 0 Å². The summed E-state index contributed by atoms with van der Waals surface area (Å²) >= 11 is 6.28. The van der Waals surface area contributed by atoms with Crippen LogP contribution in [0.2, 0.25) is 5.15 Å². The Morgan fingerprint density at radius 2 is 1.77 bits per heavy atom. The number of likely N-dealkylation sites (tertiary alicyclic amines) is 1. The van der Waals surface area contributed by atoms with E-state index in [1.165, 1.54) is 12.1 Å². The summed E-state index contributed by atoms with van der Waals surface area (Å²) in [4.78, 5) is 19.5. The fourth-order valence-corrected chi connectivity index (χ4v) is 4.22. The lowest BCUT2D eigenvalue weighted by Crippen LogP contribution is -2.38. The third-order valence-corrected chi connectivity index (χ3v) is 6.40. The smallest absolute Gasteiger partial charge is 0.257 e. The quantitative estimate of drug-likeness (QED) is 0.490. The number of hydrogen-bond acceptors (Lipinski definition) is 3. The number of anilines is 2. The average molecular weight is 438 g/mol. The number of nitrogens with one attached hydrogen (secondary N) is 1. The molecule has 1 fully saturated rings. The first kappa shape index (κ1) is 21.3. The molecule has 160 valence electrons. The first-order chi connectivity index (χ1) is 14.9. The van der Waals surface area contributed by atoms with Gasteiger partial charge in [-0.05, 0) is 61.9 Å². The molecule has 0 aliphatic carbocycles. The van der Waals surface area contributed by atoms with Crippen LogP contribution in [0.1, 0.15) is 45.8 Å². The molecular weight excluding hydrogens is 413 g/mol. The monoisotopic (exact) mass is 437 g/mol. The first-order valence-corrected chi connectivity index (χ1v) is 10.8. The van der Waals surface area contributed by atoms with Crippen molar-refractivity contribution >= 4 is 28.9 Å². The Hall–Kier alpha value is -2.92. The van der Waals surface area contributed by atoms with Crippen LogP contribution in [0.3, 0.4) is 0 Å². The molecular formula is C25H25ClFN3O. The predicted octanol–water partition coefficient (Wildman–Crippen LogP) is 6.25. The Morgan fingerprint density at radius 3 is 2.45 bits per heavy atom. The lowest BCUT2D eigenvalue weighted by atomic mass is 9.89. The van der Waals surface area contributed by atoms with E-state index in [4.69, 9.17) is 11.6 Å². The van der Waals surface area contributed by atoms with Crippen LogP contribution in [0.5, 0.6) is 0 Å². The van der Waals surface area contributed by atoms with Gasteiger partial charge in [-0.1, -0.05) is 41.9 Å². The van der Waals surface area contributed by atoms with E-state index in [-0.39, 0.29) is 11.7 Å². The molecule has 1 amide bonds. The minimum absolute atomic E-state index is 0.0547. The van der Waals surface area contributed by atoms with Gasteiger partial charge in [0.15, 0.2) is 0 Å².